The van der Waals surface area contributed by atoms with Gasteiger partial charge in [-0.3, -0.25) is 4.99 Å². The maximum atomic E-state index is 4.26. The second kappa shape index (κ2) is 8.31. The van der Waals surface area contributed by atoms with Crippen LogP contribution in [0.5, 0.6) is 0 Å². The fourth-order valence-corrected chi connectivity index (χ4v) is 2.33. The van der Waals surface area contributed by atoms with E-state index in [0.29, 0.717) is 12.5 Å². The minimum Gasteiger partial charge on any atom is -0.356 e. The van der Waals surface area contributed by atoms with Crippen LogP contribution < -0.4 is 10.6 Å². The van der Waals surface area contributed by atoms with Crippen LogP contribution in [0.1, 0.15) is 36.7 Å². The lowest BCUT2D eigenvalue weighted by Gasteiger charge is -2.16. The van der Waals surface area contributed by atoms with E-state index in [1.807, 2.05) is 4.57 Å². The lowest BCUT2D eigenvalue weighted by molar-refractivity contribution is 0.659. The molecule has 1 heterocycles. The van der Waals surface area contributed by atoms with Crippen LogP contribution in [0.15, 0.2) is 35.6 Å². The molecule has 0 aliphatic rings. The fourth-order valence-electron chi connectivity index (χ4n) is 2.33. The molecule has 0 radical (unpaired) electrons. The highest BCUT2D eigenvalue weighted by Gasteiger charge is 2.08. The molecule has 2 rings (SSSR count). The zero-order valence-corrected chi connectivity index (χ0v) is 14.4. The van der Waals surface area contributed by atoms with Crippen LogP contribution in [-0.2, 0) is 13.1 Å². The summed E-state index contributed by atoms with van der Waals surface area (Å²) < 4.78 is 2.01. The second-order valence-corrected chi connectivity index (χ2v) is 5.65. The summed E-state index contributed by atoms with van der Waals surface area (Å²) in [5, 5.41) is 14.7. The van der Waals surface area contributed by atoms with Crippen molar-refractivity contribution in [3.63, 3.8) is 0 Å². The van der Waals surface area contributed by atoms with Gasteiger partial charge < -0.3 is 15.2 Å². The highest BCUT2D eigenvalue weighted by atomic mass is 15.3. The molecule has 1 aromatic heterocycles. The quantitative estimate of drug-likeness (QED) is 0.633. The third-order valence-corrected chi connectivity index (χ3v) is 3.90. The van der Waals surface area contributed by atoms with Gasteiger partial charge in [-0.25, -0.2) is 0 Å². The van der Waals surface area contributed by atoms with Gasteiger partial charge in [0, 0.05) is 20.1 Å². The van der Waals surface area contributed by atoms with Crippen molar-refractivity contribution in [3.05, 3.63) is 47.5 Å². The summed E-state index contributed by atoms with van der Waals surface area (Å²) in [5.41, 5.74) is 2.61. The van der Waals surface area contributed by atoms with Gasteiger partial charge in [-0.05, 0) is 25.3 Å². The molecule has 1 atom stereocenters. The van der Waals surface area contributed by atoms with E-state index in [-0.39, 0.29) is 0 Å². The number of benzene rings is 1. The molecule has 1 aromatic carbocycles. The minimum absolute atomic E-state index is 0.411. The Hall–Kier alpha value is -2.37. The molecular weight excluding hydrogens is 288 g/mol. The first-order valence-electron chi connectivity index (χ1n) is 8.01. The van der Waals surface area contributed by atoms with Crippen LogP contribution in [0, 0.1) is 6.92 Å². The Balaban J connectivity index is 1.84. The molecular formula is C17H26N6. The maximum Gasteiger partial charge on any atom is 0.191 e. The van der Waals surface area contributed by atoms with Gasteiger partial charge in [-0.1, -0.05) is 36.8 Å². The molecule has 2 N–H and O–H groups in total. The Bertz CT molecular complexity index is 629. The summed E-state index contributed by atoms with van der Waals surface area (Å²) in [5.74, 6) is 2.09. The summed E-state index contributed by atoms with van der Waals surface area (Å²) in [6.07, 6.45) is 1.74. The molecule has 0 aliphatic carbocycles. The van der Waals surface area contributed by atoms with Crippen LogP contribution in [0.25, 0.3) is 0 Å². The second-order valence-electron chi connectivity index (χ2n) is 5.65. The molecule has 2 aromatic rings. The molecule has 6 heteroatoms. The van der Waals surface area contributed by atoms with Gasteiger partial charge in [0.1, 0.15) is 6.33 Å². The molecule has 0 saturated carbocycles. The number of hydrogen-bond acceptors (Lipinski definition) is 3. The zero-order valence-electron chi connectivity index (χ0n) is 14.4. The molecule has 0 spiro atoms. The zero-order chi connectivity index (χ0) is 16.7. The van der Waals surface area contributed by atoms with Crippen LogP contribution in [-0.4, -0.2) is 34.3 Å². The number of aliphatic imine (C=N–C) groups is 1. The number of rotatable bonds is 6. The fraction of sp³-hybridized carbons (Fsp3) is 0.471. The van der Waals surface area contributed by atoms with Crippen molar-refractivity contribution >= 4 is 5.96 Å². The van der Waals surface area contributed by atoms with Crippen molar-refractivity contribution in [2.45, 2.75) is 39.8 Å². The number of aromatic nitrogens is 3. The van der Waals surface area contributed by atoms with Crippen molar-refractivity contribution in [3.8, 4) is 0 Å². The number of hydrogen-bond donors (Lipinski definition) is 2. The summed E-state index contributed by atoms with van der Waals surface area (Å²) in [7, 11) is 1.77. The number of nitrogens with zero attached hydrogens (tertiary/aromatic N) is 4. The van der Waals surface area contributed by atoms with Crippen molar-refractivity contribution in [1.82, 2.24) is 25.4 Å². The molecule has 0 amide bonds. The predicted molar refractivity (Wildman–Crippen MR) is 93.5 cm³/mol. The van der Waals surface area contributed by atoms with Crippen LogP contribution >= 0.6 is 0 Å². The maximum absolute atomic E-state index is 4.26. The van der Waals surface area contributed by atoms with Gasteiger partial charge in [-0.2, -0.15) is 0 Å². The van der Waals surface area contributed by atoms with Gasteiger partial charge in [-0.15, -0.1) is 10.2 Å². The predicted octanol–water partition coefficient (Wildman–Crippen LogP) is 2.08. The monoisotopic (exact) mass is 314 g/mol. The molecule has 1 unspecified atom stereocenters. The summed E-state index contributed by atoms with van der Waals surface area (Å²) in [4.78, 5) is 4.26. The first-order chi connectivity index (χ1) is 11.1. The van der Waals surface area contributed by atoms with Gasteiger partial charge in [0.05, 0.1) is 6.54 Å². The Kier molecular flexibility index (Phi) is 6.14. The van der Waals surface area contributed by atoms with E-state index in [2.05, 4.69) is 70.9 Å². The Labute approximate surface area is 138 Å². The molecule has 0 bridgehead atoms. The normalized spacial score (nSPS) is 13.0. The molecule has 23 heavy (non-hydrogen) atoms. The third kappa shape index (κ3) is 4.81. The van der Waals surface area contributed by atoms with Crippen molar-refractivity contribution in [2.75, 3.05) is 13.6 Å². The van der Waals surface area contributed by atoms with Gasteiger partial charge in [0.2, 0.25) is 0 Å². The summed E-state index contributed by atoms with van der Waals surface area (Å²) in [6, 6.07) is 8.66. The van der Waals surface area contributed by atoms with Crippen LogP contribution in [0.2, 0.25) is 0 Å². The van der Waals surface area contributed by atoms with Gasteiger partial charge in [0.15, 0.2) is 11.8 Å². The van der Waals surface area contributed by atoms with Crippen LogP contribution in [0.3, 0.4) is 0 Å². The van der Waals surface area contributed by atoms with Crippen LogP contribution in [0.4, 0.5) is 0 Å². The number of guanidine groups is 1. The van der Waals surface area contributed by atoms with E-state index in [1.54, 1.807) is 13.4 Å². The third-order valence-electron chi connectivity index (χ3n) is 3.90. The minimum atomic E-state index is 0.411. The lowest BCUT2D eigenvalue weighted by Crippen LogP contribution is -2.39. The van der Waals surface area contributed by atoms with Crippen molar-refractivity contribution < 1.29 is 0 Å². The standard InChI is InChI=1S/C17H26N6/c1-5-23-12-21-22-16(23)11-20-17(18-4)19-10-14(3)15-8-6-13(2)7-9-15/h6-9,12,14H,5,10-11H2,1-4H3,(H2,18,19,20). The summed E-state index contributed by atoms with van der Waals surface area (Å²) >= 11 is 0. The Morgan fingerprint density at radius 2 is 2.00 bits per heavy atom. The molecule has 6 nitrogen and oxygen atoms in total. The lowest BCUT2D eigenvalue weighted by atomic mass is 10.0. The molecule has 124 valence electrons. The first-order valence-corrected chi connectivity index (χ1v) is 8.01. The number of aryl methyl sites for hydroxylation is 2. The molecule has 0 saturated heterocycles. The molecule has 0 aliphatic heterocycles. The van der Waals surface area contributed by atoms with E-state index in [9.17, 15) is 0 Å². The highest BCUT2D eigenvalue weighted by Crippen LogP contribution is 2.14. The van der Waals surface area contributed by atoms with E-state index >= 15 is 0 Å². The Morgan fingerprint density at radius 1 is 1.26 bits per heavy atom. The first kappa shape index (κ1) is 17.0. The SMILES string of the molecule is CCn1cnnc1CNC(=NC)NCC(C)c1ccc(C)cc1. The Morgan fingerprint density at radius 3 is 2.65 bits per heavy atom. The van der Waals surface area contributed by atoms with E-state index < -0.39 is 0 Å². The van der Waals surface area contributed by atoms with E-state index in [0.717, 1.165) is 24.9 Å². The van der Waals surface area contributed by atoms with Gasteiger partial charge >= 0.3 is 0 Å². The van der Waals surface area contributed by atoms with Crippen molar-refractivity contribution in [2.24, 2.45) is 4.99 Å². The van der Waals surface area contributed by atoms with Gasteiger partial charge in [0.25, 0.3) is 0 Å². The van der Waals surface area contributed by atoms with E-state index in [4.69, 9.17) is 0 Å². The summed E-state index contributed by atoms with van der Waals surface area (Å²) in [6.45, 7) is 8.67. The smallest absolute Gasteiger partial charge is 0.191 e. The van der Waals surface area contributed by atoms with E-state index in [1.165, 1.54) is 11.1 Å². The average molecular weight is 314 g/mol. The highest BCUT2D eigenvalue weighted by molar-refractivity contribution is 5.79. The average Bonchev–Trinajstić information content (AvgIpc) is 3.03. The van der Waals surface area contributed by atoms with Crippen molar-refractivity contribution in [1.29, 1.82) is 0 Å². The molecule has 0 fully saturated rings. The number of nitrogens with one attached hydrogen (secondary N) is 2. The largest absolute Gasteiger partial charge is 0.356 e. The topological polar surface area (TPSA) is 67.1 Å².